The van der Waals surface area contributed by atoms with Crippen LogP contribution < -0.4 is 0 Å². The lowest BCUT2D eigenvalue weighted by Gasteiger charge is -2.08. The Kier molecular flexibility index (Phi) is 2.63. The van der Waals surface area contributed by atoms with Crippen LogP contribution >= 0.6 is 15.9 Å². The first-order valence-electron chi connectivity index (χ1n) is 7.12. The number of halogens is 2. The van der Waals surface area contributed by atoms with Crippen molar-refractivity contribution in [2.24, 2.45) is 29.6 Å². The molecule has 3 aliphatic carbocycles. The van der Waals surface area contributed by atoms with Gasteiger partial charge in [0.25, 0.3) is 0 Å². The molecule has 0 aliphatic heterocycles. The van der Waals surface area contributed by atoms with E-state index in [1.165, 1.54) is 25.3 Å². The monoisotopic (exact) mass is 322 g/mol. The van der Waals surface area contributed by atoms with Gasteiger partial charge in [-0.05, 0) is 60.6 Å². The Morgan fingerprint density at radius 1 is 1.26 bits per heavy atom. The maximum Gasteiger partial charge on any atom is 0.141 e. The molecule has 3 aliphatic rings. The van der Waals surface area contributed by atoms with Crippen LogP contribution in [0.3, 0.4) is 0 Å². The van der Waals surface area contributed by atoms with Crippen molar-refractivity contribution in [2.45, 2.75) is 25.7 Å². The van der Waals surface area contributed by atoms with E-state index in [9.17, 15) is 9.18 Å². The van der Waals surface area contributed by atoms with Gasteiger partial charge in [0.05, 0.1) is 0 Å². The number of carbonyl (C=O) groups is 1. The maximum atomic E-state index is 13.8. The van der Waals surface area contributed by atoms with Gasteiger partial charge in [0.15, 0.2) is 0 Å². The summed E-state index contributed by atoms with van der Waals surface area (Å²) in [7, 11) is 0. The summed E-state index contributed by atoms with van der Waals surface area (Å²) in [5.74, 6) is 3.19. The van der Waals surface area contributed by atoms with Crippen LogP contribution in [0.5, 0.6) is 0 Å². The van der Waals surface area contributed by atoms with Gasteiger partial charge in [0, 0.05) is 16.8 Å². The number of carbonyl (C=O) groups excluding carboxylic acids is 1. The van der Waals surface area contributed by atoms with Crippen molar-refractivity contribution in [1.29, 1.82) is 0 Å². The van der Waals surface area contributed by atoms with Gasteiger partial charge in [-0.3, -0.25) is 4.79 Å². The number of fused-ring (bicyclic) bond motifs is 5. The number of Topliss-reactive ketones (excluding diaryl/α,β-unsaturated/α-hetero) is 1. The van der Waals surface area contributed by atoms with Crippen molar-refractivity contribution in [3.8, 4) is 0 Å². The quantitative estimate of drug-likeness (QED) is 0.822. The molecule has 0 aromatic heterocycles. The maximum absolute atomic E-state index is 13.8. The molecule has 4 atom stereocenters. The average molecular weight is 323 g/mol. The van der Waals surface area contributed by atoms with Crippen LogP contribution in [0.1, 0.15) is 24.8 Å². The first kappa shape index (κ1) is 12.1. The Balaban J connectivity index is 1.48. The Labute approximate surface area is 120 Å². The van der Waals surface area contributed by atoms with Gasteiger partial charge >= 0.3 is 0 Å². The lowest BCUT2D eigenvalue weighted by molar-refractivity contribution is -0.120. The van der Waals surface area contributed by atoms with Crippen LogP contribution in [-0.2, 0) is 11.2 Å². The summed E-state index contributed by atoms with van der Waals surface area (Å²) in [4.78, 5) is 12.4. The predicted molar refractivity (Wildman–Crippen MR) is 74.1 cm³/mol. The summed E-state index contributed by atoms with van der Waals surface area (Å²) in [6.07, 6.45) is 4.27. The molecule has 0 radical (unpaired) electrons. The van der Waals surface area contributed by atoms with Crippen molar-refractivity contribution in [3.05, 3.63) is 34.1 Å². The zero-order valence-electron chi connectivity index (χ0n) is 10.6. The minimum Gasteiger partial charge on any atom is -0.299 e. The highest BCUT2D eigenvalue weighted by Crippen LogP contribution is 2.69. The molecule has 19 heavy (non-hydrogen) atoms. The smallest absolute Gasteiger partial charge is 0.141 e. The topological polar surface area (TPSA) is 17.1 Å². The number of rotatable bonds is 3. The molecule has 100 valence electrons. The highest BCUT2D eigenvalue weighted by molar-refractivity contribution is 9.10. The van der Waals surface area contributed by atoms with Crippen molar-refractivity contribution >= 4 is 21.7 Å². The van der Waals surface area contributed by atoms with E-state index in [2.05, 4.69) is 15.9 Å². The summed E-state index contributed by atoms with van der Waals surface area (Å²) in [5, 5.41) is 0. The molecule has 1 aromatic carbocycles. The fraction of sp³-hybridized carbons (Fsp3) is 0.562. The predicted octanol–water partition coefficient (Wildman–Crippen LogP) is 3.99. The van der Waals surface area contributed by atoms with Crippen LogP contribution in [0.15, 0.2) is 22.7 Å². The van der Waals surface area contributed by atoms with Crippen molar-refractivity contribution < 1.29 is 9.18 Å². The summed E-state index contributed by atoms with van der Waals surface area (Å²) < 4.78 is 14.5. The van der Waals surface area contributed by atoms with Crippen molar-refractivity contribution in [2.75, 3.05) is 0 Å². The molecule has 1 aromatic rings. The fourth-order valence-corrected chi connectivity index (χ4v) is 5.06. The van der Waals surface area contributed by atoms with Gasteiger partial charge in [-0.1, -0.05) is 22.0 Å². The van der Waals surface area contributed by atoms with Gasteiger partial charge < -0.3 is 0 Å². The summed E-state index contributed by atoms with van der Waals surface area (Å²) in [6, 6.07) is 4.98. The Bertz CT molecular complexity index is 540. The van der Waals surface area contributed by atoms with Crippen LogP contribution in [-0.4, -0.2) is 5.78 Å². The SMILES string of the molecule is O=C(Cc1ccc(Br)cc1F)C1C2C3CCC(C3)C12. The molecule has 3 fully saturated rings. The van der Waals surface area contributed by atoms with E-state index >= 15 is 0 Å². The van der Waals surface area contributed by atoms with Gasteiger partial charge in [-0.15, -0.1) is 0 Å². The third-order valence-electron chi connectivity index (χ3n) is 5.49. The van der Waals surface area contributed by atoms with Gasteiger partial charge in [-0.25, -0.2) is 4.39 Å². The minimum absolute atomic E-state index is 0.259. The van der Waals surface area contributed by atoms with Gasteiger partial charge in [0.1, 0.15) is 11.6 Å². The summed E-state index contributed by atoms with van der Waals surface area (Å²) in [6.45, 7) is 0. The van der Waals surface area contributed by atoms with E-state index in [-0.39, 0.29) is 23.9 Å². The second-order valence-corrected chi connectivity index (χ2v) is 7.31. The highest BCUT2D eigenvalue weighted by Gasteiger charge is 2.66. The number of hydrogen-bond acceptors (Lipinski definition) is 1. The van der Waals surface area contributed by atoms with Crippen molar-refractivity contribution in [1.82, 2.24) is 0 Å². The zero-order valence-corrected chi connectivity index (χ0v) is 12.2. The third-order valence-corrected chi connectivity index (χ3v) is 5.98. The van der Waals surface area contributed by atoms with Gasteiger partial charge in [0.2, 0.25) is 0 Å². The molecule has 0 amide bonds. The van der Waals surface area contributed by atoms with Crippen molar-refractivity contribution in [3.63, 3.8) is 0 Å². The van der Waals surface area contributed by atoms with Crippen LogP contribution in [0.25, 0.3) is 0 Å². The fourth-order valence-electron chi connectivity index (χ4n) is 4.73. The molecule has 3 heteroatoms. The highest BCUT2D eigenvalue weighted by atomic mass is 79.9. The molecule has 4 rings (SSSR count). The first-order valence-corrected chi connectivity index (χ1v) is 7.91. The minimum atomic E-state index is -0.267. The second-order valence-electron chi connectivity index (χ2n) is 6.39. The van der Waals surface area contributed by atoms with Gasteiger partial charge in [-0.2, -0.15) is 0 Å². The first-order chi connectivity index (χ1) is 9.15. The van der Waals surface area contributed by atoms with E-state index in [1.807, 2.05) is 6.07 Å². The molecule has 0 heterocycles. The van der Waals surface area contributed by atoms with Crippen LogP contribution in [0, 0.1) is 35.4 Å². The molecule has 0 saturated heterocycles. The Hall–Kier alpha value is -0.700. The molecule has 1 nitrogen and oxygen atoms in total. The summed E-state index contributed by atoms with van der Waals surface area (Å²) >= 11 is 3.24. The van der Waals surface area contributed by atoms with E-state index in [0.717, 1.165) is 16.3 Å². The Morgan fingerprint density at radius 3 is 2.58 bits per heavy atom. The number of benzene rings is 1. The molecule has 0 N–H and O–H groups in total. The van der Waals surface area contributed by atoms with E-state index in [1.54, 1.807) is 6.07 Å². The average Bonchev–Trinajstić information content (AvgIpc) is 2.82. The third kappa shape index (κ3) is 1.81. The van der Waals surface area contributed by atoms with E-state index in [4.69, 9.17) is 0 Å². The van der Waals surface area contributed by atoms with E-state index < -0.39 is 0 Å². The molecule has 0 spiro atoms. The normalized spacial score (nSPS) is 38.3. The molecular formula is C16H16BrFO. The lowest BCUT2D eigenvalue weighted by Crippen LogP contribution is -2.13. The number of ketones is 1. The Morgan fingerprint density at radius 2 is 1.95 bits per heavy atom. The molecule has 3 saturated carbocycles. The number of hydrogen-bond donors (Lipinski definition) is 0. The molecular weight excluding hydrogens is 307 g/mol. The van der Waals surface area contributed by atoms with Crippen LogP contribution in [0.4, 0.5) is 4.39 Å². The standard InChI is InChI=1S/C16H16BrFO/c17-11-4-3-8(12(18)7-11)6-13(19)16-14-9-1-2-10(5-9)15(14)16/h3-4,7,9-10,14-16H,1-2,5-6H2. The molecule has 2 bridgehead atoms. The molecule has 4 unspecified atom stereocenters. The van der Waals surface area contributed by atoms with Crippen LogP contribution in [0.2, 0.25) is 0 Å². The van der Waals surface area contributed by atoms with E-state index in [0.29, 0.717) is 17.4 Å². The zero-order chi connectivity index (χ0) is 13.1. The largest absolute Gasteiger partial charge is 0.299 e. The lowest BCUT2D eigenvalue weighted by atomic mass is 9.96. The summed E-state index contributed by atoms with van der Waals surface area (Å²) in [5.41, 5.74) is 0.547. The second kappa shape index (κ2) is 4.15.